The number of carboxylic acid groups (broad SMARTS) is 1. The van der Waals surface area contributed by atoms with Gasteiger partial charge in [-0.3, -0.25) is 9.59 Å². The maximum atomic E-state index is 11.5. The van der Waals surface area contributed by atoms with E-state index >= 15 is 0 Å². The van der Waals surface area contributed by atoms with Crippen molar-refractivity contribution in [3.63, 3.8) is 0 Å². The van der Waals surface area contributed by atoms with Crippen molar-refractivity contribution >= 4 is 11.9 Å². The lowest BCUT2D eigenvalue weighted by Crippen LogP contribution is -2.38. The van der Waals surface area contributed by atoms with E-state index in [2.05, 4.69) is 11.9 Å². The third-order valence-electron chi connectivity index (χ3n) is 2.59. The molecule has 0 spiro atoms. The van der Waals surface area contributed by atoms with E-state index < -0.39 is 17.3 Å². The Bertz CT molecular complexity index is 284. The average molecular weight is 227 g/mol. The monoisotopic (exact) mass is 227 g/mol. The van der Waals surface area contributed by atoms with Gasteiger partial charge in [-0.1, -0.05) is 6.08 Å². The van der Waals surface area contributed by atoms with Crippen molar-refractivity contribution in [3.05, 3.63) is 12.7 Å². The fourth-order valence-corrected chi connectivity index (χ4v) is 1.34. The Hall–Kier alpha value is -1.36. The van der Waals surface area contributed by atoms with Crippen LogP contribution in [0.5, 0.6) is 0 Å². The Balaban J connectivity index is 2.12. The van der Waals surface area contributed by atoms with Crippen LogP contribution in [0.25, 0.3) is 0 Å². The second kappa shape index (κ2) is 5.65. The number of hydrogen-bond acceptors (Lipinski definition) is 3. The molecule has 16 heavy (non-hydrogen) atoms. The number of amides is 1. The average Bonchev–Trinajstić information content (AvgIpc) is 3.03. The van der Waals surface area contributed by atoms with Crippen molar-refractivity contribution in [1.82, 2.24) is 5.32 Å². The van der Waals surface area contributed by atoms with Gasteiger partial charge in [0.25, 0.3) is 0 Å². The third-order valence-corrected chi connectivity index (χ3v) is 2.59. The Morgan fingerprint density at radius 3 is 2.62 bits per heavy atom. The maximum absolute atomic E-state index is 11.5. The van der Waals surface area contributed by atoms with Crippen LogP contribution in [-0.4, -0.2) is 36.7 Å². The molecule has 0 aromatic heterocycles. The van der Waals surface area contributed by atoms with E-state index in [9.17, 15) is 9.59 Å². The number of nitrogens with one attached hydrogen (secondary N) is 1. The molecule has 0 saturated heterocycles. The Morgan fingerprint density at radius 2 is 2.12 bits per heavy atom. The SMILES string of the molecule is C=CCCOCCNC(=O)C1(C(=O)O)CC1. The molecule has 2 N–H and O–H groups in total. The fraction of sp³-hybridized carbons (Fsp3) is 0.636. The summed E-state index contributed by atoms with van der Waals surface area (Å²) in [5.41, 5.74) is -1.15. The highest BCUT2D eigenvalue weighted by Gasteiger charge is 2.56. The van der Waals surface area contributed by atoms with Crippen molar-refractivity contribution in [1.29, 1.82) is 0 Å². The van der Waals surface area contributed by atoms with Gasteiger partial charge in [-0.2, -0.15) is 0 Å². The van der Waals surface area contributed by atoms with E-state index in [4.69, 9.17) is 9.84 Å². The van der Waals surface area contributed by atoms with Crippen molar-refractivity contribution in [2.45, 2.75) is 19.3 Å². The Labute approximate surface area is 94.5 Å². The van der Waals surface area contributed by atoms with Crippen LogP contribution >= 0.6 is 0 Å². The van der Waals surface area contributed by atoms with E-state index in [-0.39, 0.29) is 0 Å². The van der Waals surface area contributed by atoms with E-state index in [1.165, 1.54) is 0 Å². The van der Waals surface area contributed by atoms with Crippen LogP contribution < -0.4 is 5.32 Å². The largest absolute Gasteiger partial charge is 0.480 e. The second-order valence-corrected chi connectivity index (χ2v) is 3.83. The van der Waals surface area contributed by atoms with Gasteiger partial charge in [0.1, 0.15) is 5.41 Å². The van der Waals surface area contributed by atoms with E-state index in [1.807, 2.05) is 0 Å². The summed E-state index contributed by atoms with van der Waals surface area (Å²) < 4.78 is 5.18. The minimum absolute atomic E-state index is 0.352. The lowest BCUT2D eigenvalue weighted by atomic mass is 10.1. The van der Waals surface area contributed by atoms with Crippen molar-refractivity contribution in [2.75, 3.05) is 19.8 Å². The second-order valence-electron chi connectivity index (χ2n) is 3.83. The number of ether oxygens (including phenoxy) is 1. The molecular weight excluding hydrogens is 210 g/mol. The molecule has 90 valence electrons. The molecule has 0 radical (unpaired) electrons. The first-order valence-electron chi connectivity index (χ1n) is 5.34. The molecule has 5 heteroatoms. The smallest absolute Gasteiger partial charge is 0.319 e. The molecule has 0 aliphatic heterocycles. The van der Waals surface area contributed by atoms with Gasteiger partial charge in [0.15, 0.2) is 0 Å². The lowest BCUT2D eigenvalue weighted by Gasteiger charge is -2.10. The molecule has 1 rings (SSSR count). The standard InChI is InChI=1S/C11H17NO4/c1-2-3-7-16-8-6-12-9(13)11(4-5-11)10(14)15/h2H,1,3-8H2,(H,12,13)(H,14,15). The Morgan fingerprint density at radius 1 is 1.44 bits per heavy atom. The minimum atomic E-state index is -1.15. The molecule has 1 aliphatic rings. The van der Waals surface area contributed by atoms with Gasteiger partial charge in [-0.15, -0.1) is 6.58 Å². The van der Waals surface area contributed by atoms with Crippen molar-refractivity contribution in [3.8, 4) is 0 Å². The first-order chi connectivity index (χ1) is 7.63. The van der Waals surface area contributed by atoms with Gasteiger partial charge in [-0.25, -0.2) is 0 Å². The van der Waals surface area contributed by atoms with E-state index in [1.54, 1.807) is 6.08 Å². The number of carbonyl (C=O) groups excluding carboxylic acids is 1. The van der Waals surface area contributed by atoms with Crippen LogP contribution in [0.3, 0.4) is 0 Å². The van der Waals surface area contributed by atoms with Crippen LogP contribution in [0, 0.1) is 5.41 Å². The fourth-order valence-electron chi connectivity index (χ4n) is 1.34. The lowest BCUT2D eigenvalue weighted by molar-refractivity contribution is -0.149. The molecule has 0 aromatic carbocycles. The molecule has 0 heterocycles. The quantitative estimate of drug-likeness (QED) is 0.361. The molecule has 1 aliphatic carbocycles. The Kier molecular flexibility index (Phi) is 4.49. The highest BCUT2D eigenvalue weighted by molar-refractivity contribution is 6.04. The number of aliphatic carboxylic acids is 1. The summed E-state index contributed by atoms with van der Waals surface area (Å²) in [4.78, 5) is 22.3. The summed E-state index contributed by atoms with van der Waals surface area (Å²) in [7, 11) is 0. The molecule has 1 amide bonds. The van der Waals surface area contributed by atoms with E-state index in [0.29, 0.717) is 32.6 Å². The zero-order valence-electron chi connectivity index (χ0n) is 9.20. The number of rotatable bonds is 8. The number of hydrogen-bond donors (Lipinski definition) is 2. The molecule has 0 unspecified atom stereocenters. The normalized spacial score (nSPS) is 16.5. The zero-order chi connectivity index (χ0) is 12.0. The summed E-state index contributed by atoms with van der Waals surface area (Å²) in [5.74, 6) is -1.43. The molecule has 5 nitrogen and oxygen atoms in total. The van der Waals surface area contributed by atoms with Crippen molar-refractivity contribution in [2.24, 2.45) is 5.41 Å². The summed E-state index contributed by atoms with van der Waals surface area (Å²) in [5, 5.41) is 11.4. The van der Waals surface area contributed by atoms with Crippen LogP contribution in [0.1, 0.15) is 19.3 Å². The molecule has 0 bridgehead atoms. The first kappa shape index (κ1) is 12.7. The predicted molar refractivity (Wildman–Crippen MR) is 57.9 cm³/mol. The number of carbonyl (C=O) groups is 2. The predicted octanol–water partition coefficient (Wildman–Crippen LogP) is 0.560. The van der Waals surface area contributed by atoms with Gasteiger partial charge >= 0.3 is 5.97 Å². The molecule has 0 atom stereocenters. The van der Waals surface area contributed by atoms with E-state index in [0.717, 1.165) is 6.42 Å². The van der Waals surface area contributed by atoms with Crippen LogP contribution in [0.15, 0.2) is 12.7 Å². The summed E-state index contributed by atoms with van der Waals surface area (Å²) in [6.45, 7) is 4.87. The highest BCUT2D eigenvalue weighted by Crippen LogP contribution is 2.45. The molecule has 0 aromatic rings. The zero-order valence-corrected chi connectivity index (χ0v) is 9.20. The molecular formula is C11H17NO4. The van der Waals surface area contributed by atoms with Gasteiger partial charge in [0.05, 0.1) is 13.2 Å². The van der Waals surface area contributed by atoms with Crippen LogP contribution in [0.4, 0.5) is 0 Å². The third kappa shape index (κ3) is 3.06. The van der Waals surface area contributed by atoms with Crippen LogP contribution in [-0.2, 0) is 14.3 Å². The summed E-state index contributed by atoms with van der Waals surface area (Å²) in [6.07, 6.45) is 3.40. The van der Waals surface area contributed by atoms with Crippen molar-refractivity contribution < 1.29 is 19.4 Å². The summed E-state index contributed by atoms with van der Waals surface area (Å²) >= 11 is 0. The highest BCUT2D eigenvalue weighted by atomic mass is 16.5. The minimum Gasteiger partial charge on any atom is -0.480 e. The summed E-state index contributed by atoms with van der Waals surface area (Å²) in [6, 6.07) is 0. The first-order valence-corrected chi connectivity index (χ1v) is 5.34. The maximum Gasteiger partial charge on any atom is 0.319 e. The van der Waals surface area contributed by atoms with Gasteiger partial charge < -0.3 is 15.2 Å². The van der Waals surface area contributed by atoms with Gasteiger partial charge in [0.2, 0.25) is 5.91 Å². The van der Waals surface area contributed by atoms with Crippen LogP contribution in [0.2, 0.25) is 0 Å². The van der Waals surface area contributed by atoms with Gasteiger partial charge in [0, 0.05) is 6.54 Å². The van der Waals surface area contributed by atoms with Gasteiger partial charge in [-0.05, 0) is 19.3 Å². The number of carboxylic acids is 1. The molecule has 1 saturated carbocycles. The molecule has 1 fully saturated rings. The topological polar surface area (TPSA) is 75.6 Å².